The van der Waals surface area contributed by atoms with Crippen LogP contribution in [0.1, 0.15) is 33.1 Å². The van der Waals surface area contributed by atoms with Crippen molar-refractivity contribution >= 4 is 5.91 Å². The van der Waals surface area contributed by atoms with E-state index in [0.29, 0.717) is 12.0 Å². The van der Waals surface area contributed by atoms with Crippen molar-refractivity contribution in [1.82, 2.24) is 5.48 Å². The molecule has 1 amide bonds. The van der Waals surface area contributed by atoms with E-state index in [4.69, 9.17) is 5.21 Å². The van der Waals surface area contributed by atoms with Crippen molar-refractivity contribution in [3.63, 3.8) is 0 Å². The number of carbonyl (C=O) groups is 1. The number of nitrogens with one attached hydrogen (secondary N) is 1. The van der Waals surface area contributed by atoms with Crippen LogP contribution in [0.25, 0.3) is 0 Å². The van der Waals surface area contributed by atoms with Crippen LogP contribution in [0.5, 0.6) is 0 Å². The Morgan fingerprint density at radius 2 is 2.18 bits per heavy atom. The maximum atomic E-state index is 10.8. The van der Waals surface area contributed by atoms with Crippen molar-refractivity contribution in [3.8, 4) is 0 Å². The fraction of sp³-hybridized carbons (Fsp3) is 0.625. The van der Waals surface area contributed by atoms with E-state index in [2.05, 4.69) is 0 Å². The van der Waals surface area contributed by atoms with Crippen LogP contribution in [0.2, 0.25) is 0 Å². The Bertz CT molecular complexity index is 152. The minimum atomic E-state index is -0.388. The molecule has 0 aliphatic heterocycles. The first kappa shape index (κ1) is 10.2. The molecule has 0 spiro atoms. The van der Waals surface area contributed by atoms with Crippen molar-refractivity contribution in [3.05, 3.63) is 11.6 Å². The van der Waals surface area contributed by atoms with E-state index in [1.54, 1.807) is 5.48 Å². The molecule has 0 aliphatic carbocycles. The van der Waals surface area contributed by atoms with Crippen molar-refractivity contribution in [2.45, 2.75) is 33.1 Å². The summed E-state index contributed by atoms with van der Waals surface area (Å²) in [4.78, 5) is 10.8. The van der Waals surface area contributed by atoms with Crippen LogP contribution >= 0.6 is 0 Å². The lowest BCUT2D eigenvalue weighted by Gasteiger charge is -2.00. The van der Waals surface area contributed by atoms with Gasteiger partial charge in [0.1, 0.15) is 0 Å². The van der Waals surface area contributed by atoms with Gasteiger partial charge in [-0.1, -0.05) is 26.3 Å². The molecule has 0 fully saturated rings. The number of rotatable bonds is 4. The molecule has 0 aliphatic rings. The zero-order valence-corrected chi connectivity index (χ0v) is 7.05. The van der Waals surface area contributed by atoms with Gasteiger partial charge in [0.2, 0.25) is 0 Å². The smallest absolute Gasteiger partial charge is 0.270 e. The molecular formula is C8H15NO2. The predicted octanol–water partition coefficient (Wildman–Crippen LogP) is 1.63. The van der Waals surface area contributed by atoms with Gasteiger partial charge in [-0.25, -0.2) is 5.48 Å². The molecular weight excluding hydrogens is 142 g/mol. The Balaban J connectivity index is 4.03. The van der Waals surface area contributed by atoms with Gasteiger partial charge in [-0.2, -0.15) is 0 Å². The van der Waals surface area contributed by atoms with E-state index in [-0.39, 0.29) is 5.91 Å². The van der Waals surface area contributed by atoms with Crippen LogP contribution in [-0.4, -0.2) is 11.1 Å². The largest absolute Gasteiger partial charge is 0.288 e. The van der Waals surface area contributed by atoms with Crippen molar-refractivity contribution in [1.29, 1.82) is 0 Å². The van der Waals surface area contributed by atoms with Gasteiger partial charge in [-0.05, 0) is 12.8 Å². The molecule has 0 bridgehead atoms. The minimum Gasteiger partial charge on any atom is -0.288 e. The number of carbonyl (C=O) groups excluding carboxylic acids is 1. The molecule has 3 nitrogen and oxygen atoms in total. The topological polar surface area (TPSA) is 49.3 Å². The first-order valence-electron chi connectivity index (χ1n) is 3.89. The highest BCUT2D eigenvalue weighted by atomic mass is 16.5. The number of hydrogen-bond acceptors (Lipinski definition) is 2. The summed E-state index contributed by atoms with van der Waals surface area (Å²) in [7, 11) is 0. The highest BCUT2D eigenvalue weighted by Crippen LogP contribution is 2.03. The Morgan fingerprint density at radius 1 is 1.55 bits per heavy atom. The average molecular weight is 157 g/mol. The lowest BCUT2D eigenvalue weighted by atomic mass is 10.1. The standard InChI is InChI=1S/C8H15NO2/c1-3-5-6-7(4-2)8(10)9-11/h6,11H,3-5H2,1-2H3,(H,9,10)/b7-6+. The summed E-state index contributed by atoms with van der Waals surface area (Å²) in [5.74, 6) is -0.388. The zero-order chi connectivity index (χ0) is 8.69. The first-order chi connectivity index (χ1) is 5.26. The molecule has 0 saturated heterocycles. The first-order valence-corrected chi connectivity index (χ1v) is 3.89. The van der Waals surface area contributed by atoms with Gasteiger partial charge in [0, 0.05) is 5.57 Å². The van der Waals surface area contributed by atoms with E-state index >= 15 is 0 Å². The summed E-state index contributed by atoms with van der Waals surface area (Å²) in [6.07, 6.45) is 4.41. The molecule has 0 saturated carbocycles. The van der Waals surface area contributed by atoms with Crippen LogP contribution in [0.15, 0.2) is 11.6 Å². The Hall–Kier alpha value is -0.830. The third-order valence-corrected chi connectivity index (χ3v) is 1.45. The lowest BCUT2D eigenvalue weighted by Crippen LogP contribution is -2.20. The van der Waals surface area contributed by atoms with Gasteiger partial charge in [0.15, 0.2) is 0 Å². The Kier molecular flexibility index (Phi) is 5.47. The van der Waals surface area contributed by atoms with Gasteiger partial charge in [0.25, 0.3) is 5.91 Å². The van der Waals surface area contributed by atoms with Gasteiger partial charge < -0.3 is 0 Å². The van der Waals surface area contributed by atoms with Crippen LogP contribution < -0.4 is 5.48 Å². The van der Waals surface area contributed by atoms with Crippen LogP contribution in [-0.2, 0) is 4.79 Å². The fourth-order valence-corrected chi connectivity index (χ4v) is 0.788. The summed E-state index contributed by atoms with van der Waals surface area (Å²) < 4.78 is 0. The van der Waals surface area contributed by atoms with Crippen molar-refractivity contribution < 1.29 is 10.0 Å². The number of hydrogen-bond donors (Lipinski definition) is 2. The second kappa shape index (κ2) is 5.92. The van der Waals surface area contributed by atoms with Crippen molar-refractivity contribution in [2.75, 3.05) is 0 Å². The van der Waals surface area contributed by atoms with Crippen LogP contribution in [0.4, 0.5) is 0 Å². The molecule has 0 heterocycles. The molecule has 3 heteroatoms. The molecule has 2 N–H and O–H groups in total. The van der Waals surface area contributed by atoms with E-state index in [1.165, 1.54) is 0 Å². The second-order valence-corrected chi connectivity index (χ2v) is 2.31. The molecule has 0 rings (SSSR count). The fourth-order valence-electron chi connectivity index (χ4n) is 0.788. The van der Waals surface area contributed by atoms with Gasteiger partial charge in [0.05, 0.1) is 0 Å². The van der Waals surface area contributed by atoms with E-state index < -0.39 is 0 Å². The molecule has 11 heavy (non-hydrogen) atoms. The number of unbranched alkanes of at least 4 members (excludes halogenated alkanes) is 1. The summed E-state index contributed by atoms with van der Waals surface area (Å²) in [6.45, 7) is 3.93. The Morgan fingerprint density at radius 3 is 2.55 bits per heavy atom. The van der Waals surface area contributed by atoms with Crippen molar-refractivity contribution in [2.24, 2.45) is 0 Å². The van der Waals surface area contributed by atoms with Gasteiger partial charge in [-0.15, -0.1) is 0 Å². The molecule has 64 valence electrons. The molecule has 0 aromatic heterocycles. The van der Waals surface area contributed by atoms with Gasteiger partial charge >= 0.3 is 0 Å². The monoisotopic (exact) mass is 157 g/mol. The van der Waals surface area contributed by atoms with E-state index in [9.17, 15) is 4.79 Å². The highest BCUT2D eigenvalue weighted by Gasteiger charge is 2.03. The summed E-state index contributed by atoms with van der Waals surface area (Å²) in [5, 5.41) is 8.30. The summed E-state index contributed by atoms with van der Waals surface area (Å²) in [5.41, 5.74) is 2.27. The minimum absolute atomic E-state index is 0.388. The second-order valence-electron chi connectivity index (χ2n) is 2.31. The zero-order valence-electron chi connectivity index (χ0n) is 7.05. The molecule has 0 aromatic rings. The third-order valence-electron chi connectivity index (χ3n) is 1.45. The molecule has 0 unspecified atom stereocenters. The third kappa shape index (κ3) is 3.78. The van der Waals surface area contributed by atoms with E-state index in [1.807, 2.05) is 19.9 Å². The SMILES string of the molecule is CCC/C=C(\CC)C(=O)NO. The van der Waals surface area contributed by atoms with E-state index in [0.717, 1.165) is 12.8 Å². The molecule has 0 aromatic carbocycles. The van der Waals surface area contributed by atoms with Gasteiger partial charge in [-0.3, -0.25) is 10.0 Å². The number of amides is 1. The maximum absolute atomic E-state index is 10.8. The Labute approximate surface area is 67.1 Å². The highest BCUT2D eigenvalue weighted by molar-refractivity contribution is 5.92. The van der Waals surface area contributed by atoms with Crippen LogP contribution in [0, 0.1) is 0 Å². The number of hydroxylamine groups is 1. The molecule has 0 atom stereocenters. The normalized spacial score (nSPS) is 11.4. The summed E-state index contributed by atoms with van der Waals surface area (Å²) in [6, 6.07) is 0. The maximum Gasteiger partial charge on any atom is 0.270 e. The van der Waals surface area contributed by atoms with Crippen LogP contribution in [0.3, 0.4) is 0 Å². The molecule has 0 radical (unpaired) electrons. The predicted molar refractivity (Wildman–Crippen MR) is 43.2 cm³/mol. The number of allylic oxidation sites excluding steroid dienone is 1. The quantitative estimate of drug-likeness (QED) is 0.370. The lowest BCUT2D eigenvalue weighted by molar-refractivity contribution is -0.125. The summed E-state index contributed by atoms with van der Waals surface area (Å²) >= 11 is 0. The average Bonchev–Trinajstić information content (AvgIpc) is 2.05.